The molecule has 1 aliphatic carbocycles. The minimum absolute atomic E-state index is 0. The van der Waals surface area contributed by atoms with Crippen LogP contribution in [0.1, 0.15) is 30.0 Å². The van der Waals surface area contributed by atoms with Gasteiger partial charge in [0.05, 0.1) is 0 Å². The molecule has 0 atom stereocenters. The van der Waals surface area contributed by atoms with Crippen LogP contribution in [0.2, 0.25) is 0 Å². The Kier molecular flexibility index (Phi) is 12.9. The third-order valence-corrected chi connectivity index (χ3v) is 7.24. The number of allylic oxidation sites excluding steroid dienone is 4. The first kappa shape index (κ1) is 29.8. The Bertz CT molecular complexity index is 1350. The fourth-order valence-corrected chi connectivity index (χ4v) is 4.74. The number of rotatable bonds is 3. The molecule has 0 aromatic heterocycles. The molecule has 180 valence electrons. The predicted molar refractivity (Wildman–Crippen MR) is 144 cm³/mol. The molecule has 0 N–H and O–H groups in total. The van der Waals surface area contributed by atoms with Crippen LogP contribution in [-0.2, 0) is 30.7 Å². The van der Waals surface area contributed by atoms with Crippen molar-refractivity contribution in [3.63, 3.8) is 0 Å². The van der Waals surface area contributed by atoms with Gasteiger partial charge in [0.1, 0.15) is 0 Å². The van der Waals surface area contributed by atoms with Crippen LogP contribution in [0.4, 0.5) is 0 Å². The molecule has 0 radical (unpaired) electrons. The van der Waals surface area contributed by atoms with Crippen LogP contribution >= 0.6 is 0 Å². The summed E-state index contributed by atoms with van der Waals surface area (Å²) in [6, 6.07) is 38.8. The van der Waals surface area contributed by atoms with Gasteiger partial charge in [-0.2, -0.15) is 6.08 Å². The summed E-state index contributed by atoms with van der Waals surface area (Å²) in [5.41, 5.74) is 4.09. The number of halogens is 2. The van der Waals surface area contributed by atoms with Crippen molar-refractivity contribution in [1.82, 2.24) is 0 Å². The standard InChI is InChI=1S/C15H14.C13H9.C5H5.2ClH.Zr/c1-2-13-8-10-15(11-9-13)12-14-6-4-3-5-7-14;1-3-7-12-10(5-1)9-11-6-2-4-8-13(11)12;1-2-4-5-3-1;;;/h3-11H,2H2,1H3;1-9H;1-3H,4H2;2*1H;/q;2*-1;;;+2/p-2. The first-order valence-corrected chi connectivity index (χ1v) is 13.0. The van der Waals surface area contributed by atoms with Crippen molar-refractivity contribution in [2.45, 2.75) is 19.8 Å². The molecular weight excluding hydrogens is 558 g/mol. The molecule has 5 aromatic rings. The molecule has 0 bridgehead atoms. The molecule has 1 aliphatic rings. The number of benzene rings is 4. The van der Waals surface area contributed by atoms with Gasteiger partial charge >= 0.3 is 112 Å². The molecule has 5 aromatic carbocycles. The molecule has 0 spiro atoms. The monoisotopic (exact) mass is 584 g/mol. The van der Waals surface area contributed by atoms with Crippen LogP contribution < -0.4 is 24.8 Å². The van der Waals surface area contributed by atoms with E-state index in [1.54, 1.807) is 0 Å². The molecular formula is C33H28Cl2Zr-2. The summed E-state index contributed by atoms with van der Waals surface area (Å²) >= 11 is 1.47. The quantitative estimate of drug-likeness (QED) is 0.285. The van der Waals surface area contributed by atoms with E-state index in [0.717, 1.165) is 12.8 Å². The normalized spacial score (nSPS) is 11.0. The SMILES string of the molecule is CCc1ccc([C](=[Zr+2])c2ccccc2)cc1.[C-]1=CC=CC1.[Cl-].[Cl-].c1ccc2c(c1)[cH-]c1ccccc12. The van der Waals surface area contributed by atoms with Crippen LogP contribution in [0.15, 0.2) is 127 Å². The van der Waals surface area contributed by atoms with Crippen molar-refractivity contribution in [1.29, 1.82) is 0 Å². The Hall–Kier alpha value is -2.44. The first-order valence-electron chi connectivity index (χ1n) is 11.7. The zero-order chi connectivity index (χ0) is 23.6. The first-order chi connectivity index (χ1) is 16.8. The maximum Gasteiger partial charge on any atom is -0.0771 e. The van der Waals surface area contributed by atoms with E-state index < -0.39 is 0 Å². The van der Waals surface area contributed by atoms with E-state index in [0.29, 0.717) is 0 Å². The number of hydrogen-bond acceptors (Lipinski definition) is 0. The Morgan fingerprint density at radius 2 is 1.25 bits per heavy atom. The summed E-state index contributed by atoms with van der Waals surface area (Å²) in [6.45, 7) is 2.19. The van der Waals surface area contributed by atoms with E-state index >= 15 is 0 Å². The minimum atomic E-state index is 0. The van der Waals surface area contributed by atoms with Crippen LogP contribution in [0.3, 0.4) is 0 Å². The van der Waals surface area contributed by atoms with Gasteiger partial charge in [-0.25, -0.2) is 12.2 Å². The van der Waals surface area contributed by atoms with Crippen molar-refractivity contribution >= 4 is 24.8 Å². The third kappa shape index (κ3) is 8.04. The molecule has 0 fully saturated rings. The molecule has 0 nitrogen and oxygen atoms in total. The molecule has 36 heavy (non-hydrogen) atoms. The van der Waals surface area contributed by atoms with Gasteiger partial charge in [0, 0.05) is 0 Å². The molecule has 0 amide bonds. The summed E-state index contributed by atoms with van der Waals surface area (Å²) in [5.74, 6) is 0. The van der Waals surface area contributed by atoms with Crippen molar-refractivity contribution in [3.05, 3.63) is 150 Å². The van der Waals surface area contributed by atoms with Crippen LogP contribution in [0, 0.1) is 6.08 Å². The maximum atomic E-state index is 2.99. The van der Waals surface area contributed by atoms with Gasteiger partial charge in [0.15, 0.2) is 0 Å². The average molecular weight is 587 g/mol. The molecule has 0 aliphatic heterocycles. The second kappa shape index (κ2) is 15.6. The summed E-state index contributed by atoms with van der Waals surface area (Å²) in [7, 11) is 0. The zero-order valence-corrected chi connectivity index (χ0v) is 24.3. The van der Waals surface area contributed by atoms with Crippen LogP contribution in [0.25, 0.3) is 21.5 Å². The van der Waals surface area contributed by atoms with E-state index in [2.05, 4.69) is 128 Å². The van der Waals surface area contributed by atoms with Gasteiger partial charge in [-0.15, -0.1) is 46.2 Å². The van der Waals surface area contributed by atoms with E-state index in [1.165, 1.54) is 65.7 Å². The Balaban J connectivity index is 0.000000205. The second-order valence-electron chi connectivity index (χ2n) is 8.11. The Morgan fingerprint density at radius 1 is 0.722 bits per heavy atom. The van der Waals surface area contributed by atoms with Gasteiger partial charge < -0.3 is 24.8 Å². The van der Waals surface area contributed by atoms with Gasteiger partial charge in [0.2, 0.25) is 0 Å². The summed E-state index contributed by atoms with van der Waals surface area (Å²) in [5, 5.41) is 5.39. The molecule has 0 saturated heterocycles. The number of hydrogen-bond donors (Lipinski definition) is 0. The summed E-state index contributed by atoms with van der Waals surface area (Å²) in [6.07, 6.45) is 11.1. The van der Waals surface area contributed by atoms with E-state index in [1.807, 2.05) is 12.2 Å². The summed E-state index contributed by atoms with van der Waals surface area (Å²) in [4.78, 5) is 0. The molecule has 3 heteroatoms. The fourth-order valence-electron chi connectivity index (χ4n) is 3.92. The van der Waals surface area contributed by atoms with Gasteiger partial charge in [-0.1, -0.05) is 36.4 Å². The van der Waals surface area contributed by atoms with Crippen LogP contribution in [-0.4, -0.2) is 3.21 Å². The van der Waals surface area contributed by atoms with Crippen molar-refractivity contribution < 1.29 is 49.0 Å². The number of fused-ring (bicyclic) bond motifs is 3. The van der Waals surface area contributed by atoms with Crippen molar-refractivity contribution in [2.75, 3.05) is 0 Å². The molecule has 0 unspecified atom stereocenters. The average Bonchev–Trinajstić information content (AvgIpc) is 3.61. The van der Waals surface area contributed by atoms with E-state index in [-0.39, 0.29) is 24.8 Å². The molecule has 6 rings (SSSR count). The van der Waals surface area contributed by atoms with Crippen molar-refractivity contribution in [3.8, 4) is 0 Å². The van der Waals surface area contributed by atoms with Crippen molar-refractivity contribution in [2.24, 2.45) is 0 Å². The largest absolute Gasteiger partial charge is 1.00 e. The van der Waals surface area contributed by atoms with Gasteiger partial charge in [0.25, 0.3) is 0 Å². The topological polar surface area (TPSA) is 0 Å². The van der Waals surface area contributed by atoms with E-state index in [9.17, 15) is 0 Å². The second-order valence-corrected chi connectivity index (χ2v) is 9.34. The summed E-state index contributed by atoms with van der Waals surface area (Å²) < 4.78 is 1.43. The predicted octanol–water partition coefficient (Wildman–Crippen LogP) is 2.39. The van der Waals surface area contributed by atoms with Crippen LogP contribution in [0.5, 0.6) is 0 Å². The maximum absolute atomic E-state index is 2.99. The Morgan fingerprint density at radius 3 is 1.72 bits per heavy atom. The zero-order valence-electron chi connectivity index (χ0n) is 20.3. The van der Waals surface area contributed by atoms with E-state index in [4.69, 9.17) is 0 Å². The van der Waals surface area contributed by atoms with Gasteiger partial charge in [-0.3, -0.25) is 6.08 Å². The molecule has 0 heterocycles. The smallest absolute Gasteiger partial charge is 0.0771 e. The fraction of sp³-hybridized carbons (Fsp3) is 0.0909. The Labute approximate surface area is 242 Å². The van der Waals surface area contributed by atoms with Gasteiger partial charge in [-0.05, 0) is 0 Å². The minimum Gasteiger partial charge on any atom is -1.00 e. The molecule has 0 saturated carbocycles. The number of aryl methyl sites for hydroxylation is 1. The third-order valence-electron chi connectivity index (χ3n) is 5.82.